The molecule has 2 heterocycles. The van der Waals surface area contributed by atoms with E-state index in [0.717, 1.165) is 43.0 Å². The highest BCUT2D eigenvalue weighted by Crippen LogP contribution is 2.34. The number of anilines is 1. The van der Waals surface area contributed by atoms with Crippen LogP contribution < -0.4 is 5.73 Å². The van der Waals surface area contributed by atoms with Crippen molar-refractivity contribution in [1.82, 2.24) is 9.97 Å². The number of aryl methyl sites for hydroxylation is 1. The van der Waals surface area contributed by atoms with Crippen LogP contribution in [0.1, 0.15) is 43.8 Å². The van der Waals surface area contributed by atoms with E-state index >= 15 is 0 Å². The average Bonchev–Trinajstić information content (AvgIpc) is 2.70. The van der Waals surface area contributed by atoms with Gasteiger partial charge in [-0.15, -0.1) is 0 Å². The van der Waals surface area contributed by atoms with Crippen molar-refractivity contribution in [3.63, 3.8) is 0 Å². The summed E-state index contributed by atoms with van der Waals surface area (Å²) >= 11 is 0. The molecule has 1 aliphatic rings. The molecule has 0 radical (unpaired) electrons. The zero-order valence-corrected chi connectivity index (χ0v) is 10.2. The van der Waals surface area contributed by atoms with Gasteiger partial charge >= 0.3 is 0 Å². The van der Waals surface area contributed by atoms with Crippen LogP contribution in [0.15, 0.2) is 0 Å². The molecular weight excluding hydrogens is 202 g/mol. The molecule has 0 amide bonds. The van der Waals surface area contributed by atoms with E-state index in [-0.39, 0.29) is 5.60 Å². The second-order valence-electron chi connectivity index (χ2n) is 4.54. The van der Waals surface area contributed by atoms with Gasteiger partial charge in [0.05, 0.1) is 0 Å². The molecule has 4 heteroatoms. The molecule has 1 unspecified atom stereocenters. The van der Waals surface area contributed by atoms with Gasteiger partial charge in [0.1, 0.15) is 11.4 Å². The van der Waals surface area contributed by atoms with E-state index in [1.807, 2.05) is 13.8 Å². The second-order valence-corrected chi connectivity index (χ2v) is 4.54. The van der Waals surface area contributed by atoms with Crippen LogP contribution in [0.2, 0.25) is 0 Å². The molecule has 0 saturated carbocycles. The van der Waals surface area contributed by atoms with Gasteiger partial charge in [-0.05, 0) is 33.1 Å². The molecule has 0 aliphatic carbocycles. The minimum atomic E-state index is -0.342. The minimum absolute atomic E-state index is 0.342. The molecule has 1 atom stereocenters. The molecule has 1 aromatic rings. The number of aromatic nitrogens is 2. The summed E-state index contributed by atoms with van der Waals surface area (Å²) in [5, 5.41) is 0. The van der Waals surface area contributed by atoms with E-state index in [1.54, 1.807) is 0 Å². The first-order valence-electron chi connectivity index (χ1n) is 5.84. The fourth-order valence-corrected chi connectivity index (χ4v) is 2.12. The van der Waals surface area contributed by atoms with Crippen LogP contribution in [-0.4, -0.2) is 16.6 Å². The predicted octanol–water partition coefficient (Wildman–Crippen LogP) is 1.96. The lowest BCUT2D eigenvalue weighted by Gasteiger charge is -2.22. The molecule has 1 aliphatic heterocycles. The number of nitrogens with two attached hydrogens (primary N) is 1. The van der Waals surface area contributed by atoms with Crippen LogP contribution in [0, 0.1) is 6.92 Å². The fraction of sp³-hybridized carbons (Fsp3) is 0.667. The van der Waals surface area contributed by atoms with Crippen LogP contribution in [0.25, 0.3) is 0 Å². The molecule has 0 spiro atoms. The molecule has 0 aromatic carbocycles. The third kappa shape index (κ3) is 1.78. The van der Waals surface area contributed by atoms with Crippen molar-refractivity contribution in [3.05, 3.63) is 17.1 Å². The molecule has 1 saturated heterocycles. The normalized spacial score (nSPS) is 24.9. The smallest absolute Gasteiger partial charge is 0.162 e. The van der Waals surface area contributed by atoms with Gasteiger partial charge in [-0.2, -0.15) is 0 Å². The Balaban J connectivity index is 2.45. The van der Waals surface area contributed by atoms with Crippen LogP contribution in [-0.2, 0) is 16.8 Å². The van der Waals surface area contributed by atoms with Gasteiger partial charge in [-0.3, -0.25) is 0 Å². The van der Waals surface area contributed by atoms with E-state index in [1.165, 1.54) is 0 Å². The van der Waals surface area contributed by atoms with Gasteiger partial charge in [0.2, 0.25) is 0 Å². The summed E-state index contributed by atoms with van der Waals surface area (Å²) in [6.45, 7) is 6.88. The van der Waals surface area contributed by atoms with Crippen molar-refractivity contribution in [1.29, 1.82) is 0 Å². The summed E-state index contributed by atoms with van der Waals surface area (Å²) in [7, 11) is 0. The molecule has 4 nitrogen and oxygen atoms in total. The maximum absolute atomic E-state index is 5.92. The number of ether oxygens (including phenoxy) is 1. The highest BCUT2D eigenvalue weighted by molar-refractivity contribution is 5.41. The van der Waals surface area contributed by atoms with Gasteiger partial charge in [-0.25, -0.2) is 9.97 Å². The van der Waals surface area contributed by atoms with Crippen molar-refractivity contribution in [2.24, 2.45) is 0 Å². The summed E-state index contributed by atoms with van der Waals surface area (Å²) in [4.78, 5) is 8.97. The lowest BCUT2D eigenvalue weighted by atomic mass is 10.0. The monoisotopic (exact) mass is 221 g/mol. The van der Waals surface area contributed by atoms with Crippen molar-refractivity contribution in [3.8, 4) is 0 Å². The first-order valence-corrected chi connectivity index (χ1v) is 5.84. The Hall–Kier alpha value is -1.16. The number of rotatable bonds is 2. The average molecular weight is 221 g/mol. The topological polar surface area (TPSA) is 61.0 Å². The summed E-state index contributed by atoms with van der Waals surface area (Å²) in [5.74, 6) is 1.32. The lowest BCUT2D eigenvalue weighted by molar-refractivity contribution is 0.00926. The Morgan fingerprint density at radius 3 is 2.75 bits per heavy atom. The minimum Gasteiger partial charge on any atom is -0.383 e. The van der Waals surface area contributed by atoms with Gasteiger partial charge in [0.25, 0.3) is 0 Å². The molecule has 2 N–H and O–H groups in total. The second kappa shape index (κ2) is 4.01. The van der Waals surface area contributed by atoms with Crippen LogP contribution in [0.3, 0.4) is 0 Å². The van der Waals surface area contributed by atoms with Gasteiger partial charge < -0.3 is 10.5 Å². The van der Waals surface area contributed by atoms with E-state index in [9.17, 15) is 0 Å². The van der Waals surface area contributed by atoms with Crippen molar-refractivity contribution < 1.29 is 4.74 Å². The van der Waals surface area contributed by atoms with E-state index in [0.29, 0.717) is 5.82 Å². The zero-order chi connectivity index (χ0) is 11.8. The summed E-state index contributed by atoms with van der Waals surface area (Å²) < 4.78 is 5.74. The summed E-state index contributed by atoms with van der Waals surface area (Å²) in [5.41, 5.74) is 7.60. The molecule has 88 valence electrons. The quantitative estimate of drug-likeness (QED) is 0.829. The number of hydrogen-bond acceptors (Lipinski definition) is 4. The maximum atomic E-state index is 5.92. The Labute approximate surface area is 96.2 Å². The van der Waals surface area contributed by atoms with Gasteiger partial charge in [-0.1, -0.05) is 6.92 Å². The Bertz CT molecular complexity index is 397. The SMILES string of the molecule is CCc1nc(C2(C)CCCO2)nc(N)c1C. The molecule has 1 fully saturated rings. The van der Waals surface area contributed by atoms with Crippen LogP contribution in [0.5, 0.6) is 0 Å². The van der Waals surface area contributed by atoms with E-state index in [4.69, 9.17) is 10.5 Å². The highest BCUT2D eigenvalue weighted by atomic mass is 16.5. The Morgan fingerprint density at radius 1 is 1.44 bits per heavy atom. The third-order valence-corrected chi connectivity index (χ3v) is 3.31. The molecule has 1 aromatic heterocycles. The predicted molar refractivity (Wildman–Crippen MR) is 63.1 cm³/mol. The molecule has 0 bridgehead atoms. The number of nitrogen functional groups attached to an aromatic ring is 1. The zero-order valence-electron chi connectivity index (χ0n) is 10.2. The first kappa shape index (κ1) is 11.3. The van der Waals surface area contributed by atoms with E-state index < -0.39 is 0 Å². The van der Waals surface area contributed by atoms with Crippen LogP contribution >= 0.6 is 0 Å². The lowest BCUT2D eigenvalue weighted by Crippen LogP contribution is -2.25. The van der Waals surface area contributed by atoms with Crippen molar-refractivity contribution in [2.75, 3.05) is 12.3 Å². The van der Waals surface area contributed by atoms with Crippen molar-refractivity contribution in [2.45, 2.75) is 45.6 Å². The Morgan fingerprint density at radius 2 is 2.19 bits per heavy atom. The number of nitrogens with zero attached hydrogens (tertiary/aromatic N) is 2. The molecule has 16 heavy (non-hydrogen) atoms. The fourth-order valence-electron chi connectivity index (χ4n) is 2.12. The molecular formula is C12H19N3O. The number of hydrogen-bond donors (Lipinski definition) is 1. The van der Waals surface area contributed by atoms with Gasteiger partial charge in [0.15, 0.2) is 5.82 Å². The van der Waals surface area contributed by atoms with Crippen molar-refractivity contribution >= 4 is 5.82 Å². The summed E-state index contributed by atoms with van der Waals surface area (Å²) in [6, 6.07) is 0. The Kier molecular flexibility index (Phi) is 2.84. The van der Waals surface area contributed by atoms with Crippen LogP contribution in [0.4, 0.5) is 5.82 Å². The largest absolute Gasteiger partial charge is 0.383 e. The third-order valence-electron chi connectivity index (χ3n) is 3.31. The first-order chi connectivity index (χ1) is 7.57. The standard InChI is InChI=1S/C12H19N3O/c1-4-9-8(2)10(13)15-11(14-9)12(3)6-5-7-16-12/h4-7H2,1-3H3,(H2,13,14,15). The molecule has 2 rings (SSSR count). The maximum Gasteiger partial charge on any atom is 0.162 e. The highest BCUT2D eigenvalue weighted by Gasteiger charge is 2.35. The van der Waals surface area contributed by atoms with Gasteiger partial charge in [0, 0.05) is 17.9 Å². The summed E-state index contributed by atoms with van der Waals surface area (Å²) in [6.07, 6.45) is 2.91. The van der Waals surface area contributed by atoms with E-state index in [2.05, 4.69) is 16.9 Å².